The van der Waals surface area contributed by atoms with Crippen LogP contribution in [0.5, 0.6) is 5.75 Å². The van der Waals surface area contributed by atoms with Crippen molar-refractivity contribution in [3.63, 3.8) is 0 Å². The van der Waals surface area contributed by atoms with Crippen LogP contribution in [0.25, 0.3) is 11.1 Å². The number of fused-ring (bicyclic) bond motifs is 1. The summed E-state index contributed by atoms with van der Waals surface area (Å²) in [6, 6.07) is 10.1. The Morgan fingerprint density at radius 1 is 1.19 bits per heavy atom. The van der Waals surface area contributed by atoms with E-state index in [0.29, 0.717) is 5.56 Å². The van der Waals surface area contributed by atoms with Crippen LogP contribution in [0, 0.1) is 13.8 Å². The molecule has 0 radical (unpaired) electrons. The van der Waals surface area contributed by atoms with Gasteiger partial charge in [0.25, 0.3) is 5.91 Å². The molecular weight excluding hydrogens is 262 g/mol. The van der Waals surface area contributed by atoms with Gasteiger partial charge in [-0.25, -0.2) is 0 Å². The Bertz CT molecular complexity index is 719. The summed E-state index contributed by atoms with van der Waals surface area (Å²) in [6.45, 7) is 4.86. The predicted octanol–water partition coefficient (Wildman–Crippen LogP) is 3.26. The summed E-state index contributed by atoms with van der Waals surface area (Å²) in [5, 5.41) is 2.69. The van der Waals surface area contributed by atoms with Gasteiger partial charge in [0.1, 0.15) is 5.75 Å². The van der Waals surface area contributed by atoms with Crippen LogP contribution in [-0.2, 0) is 6.42 Å². The van der Waals surface area contributed by atoms with Gasteiger partial charge in [0.2, 0.25) is 0 Å². The number of hydrogen-bond acceptors (Lipinski definition) is 2. The first kappa shape index (κ1) is 13.7. The molecule has 1 N–H and O–H groups in total. The molecule has 3 rings (SSSR count). The highest BCUT2D eigenvalue weighted by molar-refractivity contribution is 5.96. The molecule has 3 nitrogen and oxygen atoms in total. The topological polar surface area (TPSA) is 38.3 Å². The van der Waals surface area contributed by atoms with Crippen molar-refractivity contribution in [3.8, 4) is 16.9 Å². The van der Waals surface area contributed by atoms with E-state index in [1.54, 1.807) is 7.05 Å². The lowest BCUT2D eigenvalue weighted by Crippen LogP contribution is -2.17. The van der Waals surface area contributed by atoms with Gasteiger partial charge in [0.15, 0.2) is 0 Å². The Kier molecular flexibility index (Phi) is 3.42. The Hall–Kier alpha value is -2.29. The number of carbonyl (C=O) groups excluding carboxylic acids is 1. The number of benzene rings is 2. The molecule has 2 aromatic rings. The fraction of sp³-hybridized carbons (Fsp3) is 0.278. The zero-order chi connectivity index (χ0) is 15.0. The minimum Gasteiger partial charge on any atom is -0.493 e. The van der Waals surface area contributed by atoms with Crippen LogP contribution in [0.2, 0.25) is 0 Å². The molecule has 0 aliphatic carbocycles. The molecule has 0 aromatic heterocycles. The van der Waals surface area contributed by atoms with E-state index in [2.05, 4.69) is 24.4 Å². The standard InChI is InChI=1S/C18H19NO2/c1-11-8-13(10-14(9-11)18(20)19-3)17-12(2)4-5-16-15(17)6-7-21-16/h4-5,8-10H,6-7H2,1-3H3,(H,19,20). The summed E-state index contributed by atoms with van der Waals surface area (Å²) in [5.41, 5.74) is 6.55. The molecule has 0 saturated carbocycles. The van der Waals surface area contributed by atoms with Crippen LogP contribution >= 0.6 is 0 Å². The van der Waals surface area contributed by atoms with E-state index < -0.39 is 0 Å². The number of amides is 1. The Morgan fingerprint density at radius 3 is 2.76 bits per heavy atom. The van der Waals surface area contributed by atoms with E-state index >= 15 is 0 Å². The average Bonchev–Trinajstić information content (AvgIpc) is 2.93. The number of carbonyl (C=O) groups is 1. The number of aryl methyl sites for hydroxylation is 2. The van der Waals surface area contributed by atoms with Crippen LogP contribution in [0.15, 0.2) is 30.3 Å². The van der Waals surface area contributed by atoms with Gasteiger partial charge in [-0.2, -0.15) is 0 Å². The van der Waals surface area contributed by atoms with Crippen molar-refractivity contribution in [2.75, 3.05) is 13.7 Å². The van der Waals surface area contributed by atoms with Crippen molar-refractivity contribution < 1.29 is 9.53 Å². The third kappa shape index (κ3) is 2.40. The van der Waals surface area contributed by atoms with E-state index in [1.807, 2.05) is 25.1 Å². The van der Waals surface area contributed by atoms with Gasteiger partial charge in [0, 0.05) is 24.6 Å². The summed E-state index contributed by atoms with van der Waals surface area (Å²) >= 11 is 0. The molecule has 0 fully saturated rings. The predicted molar refractivity (Wildman–Crippen MR) is 83.9 cm³/mol. The Labute approximate surface area is 124 Å². The first-order valence-electron chi connectivity index (χ1n) is 7.19. The van der Waals surface area contributed by atoms with Crippen LogP contribution in [-0.4, -0.2) is 19.6 Å². The molecule has 1 heterocycles. The molecule has 2 aromatic carbocycles. The molecule has 0 saturated heterocycles. The second-order valence-corrected chi connectivity index (χ2v) is 5.50. The van der Waals surface area contributed by atoms with Crippen LogP contribution in [0.4, 0.5) is 0 Å². The van der Waals surface area contributed by atoms with E-state index in [4.69, 9.17) is 4.74 Å². The molecule has 3 heteroatoms. The summed E-state index contributed by atoms with van der Waals surface area (Å²) in [6.07, 6.45) is 0.926. The van der Waals surface area contributed by atoms with Crippen molar-refractivity contribution >= 4 is 5.91 Å². The maximum absolute atomic E-state index is 11.9. The molecule has 21 heavy (non-hydrogen) atoms. The van der Waals surface area contributed by atoms with Crippen LogP contribution in [0.3, 0.4) is 0 Å². The third-order valence-electron chi connectivity index (χ3n) is 3.94. The van der Waals surface area contributed by atoms with E-state index in [0.717, 1.165) is 29.9 Å². The summed E-state index contributed by atoms with van der Waals surface area (Å²) in [5.74, 6) is 0.917. The van der Waals surface area contributed by atoms with Gasteiger partial charge in [-0.15, -0.1) is 0 Å². The lowest BCUT2D eigenvalue weighted by Gasteiger charge is -2.13. The number of nitrogens with one attached hydrogen (secondary N) is 1. The van der Waals surface area contributed by atoms with Crippen molar-refractivity contribution in [2.45, 2.75) is 20.3 Å². The second kappa shape index (κ2) is 5.24. The SMILES string of the molecule is CNC(=O)c1cc(C)cc(-c2c(C)ccc3c2CCO3)c1. The van der Waals surface area contributed by atoms with Crippen LogP contribution < -0.4 is 10.1 Å². The largest absolute Gasteiger partial charge is 0.493 e. The molecule has 1 amide bonds. The molecule has 108 valence electrons. The smallest absolute Gasteiger partial charge is 0.251 e. The van der Waals surface area contributed by atoms with E-state index in [1.165, 1.54) is 16.7 Å². The summed E-state index contributed by atoms with van der Waals surface area (Å²) in [7, 11) is 1.66. The second-order valence-electron chi connectivity index (χ2n) is 5.50. The fourth-order valence-electron chi connectivity index (χ4n) is 3.00. The van der Waals surface area contributed by atoms with Gasteiger partial charge in [-0.05, 0) is 54.3 Å². The van der Waals surface area contributed by atoms with Gasteiger partial charge in [-0.3, -0.25) is 4.79 Å². The zero-order valence-corrected chi connectivity index (χ0v) is 12.6. The van der Waals surface area contributed by atoms with Gasteiger partial charge >= 0.3 is 0 Å². The number of ether oxygens (including phenoxy) is 1. The minimum atomic E-state index is -0.0542. The third-order valence-corrected chi connectivity index (χ3v) is 3.94. The Morgan fingerprint density at radius 2 is 2.00 bits per heavy atom. The van der Waals surface area contributed by atoms with Crippen LogP contribution in [0.1, 0.15) is 27.0 Å². The first-order valence-corrected chi connectivity index (χ1v) is 7.19. The highest BCUT2D eigenvalue weighted by atomic mass is 16.5. The lowest BCUT2D eigenvalue weighted by molar-refractivity contribution is 0.0963. The molecule has 1 aliphatic rings. The van der Waals surface area contributed by atoms with Crippen molar-refractivity contribution in [3.05, 3.63) is 52.6 Å². The zero-order valence-electron chi connectivity index (χ0n) is 12.6. The van der Waals surface area contributed by atoms with Crippen molar-refractivity contribution in [1.82, 2.24) is 5.32 Å². The van der Waals surface area contributed by atoms with Gasteiger partial charge in [0.05, 0.1) is 6.61 Å². The highest BCUT2D eigenvalue weighted by Gasteiger charge is 2.19. The minimum absolute atomic E-state index is 0.0542. The summed E-state index contributed by atoms with van der Waals surface area (Å²) in [4.78, 5) is 11.9. The number of hydrogen-bond donors (Lipinski definition) is 1. The van der Waals surface area contributed by atoms with Gasteiger partial charge < -0.3 is 10.1 Å². The van der Waals surface area contributed by atoms with E-state index in [9.17, 15) is 4.79 Å². The summed E-state index contributed by atoms with van der Waals surface area (Å²) < 4.78 is 5.67. The monoisotopic (exact) mass is 281 g/mol. The lowest BCUT2D eigenvalue weighted by atomic mass is 9.91. The molecule has 0 spiro atoms. The molecule has 0 atom stereocenters. The molecule has 0 bridgehead atoms. The first-order chi connectivity index (χ1) is 10.1. The van der Waals surface area contributed by atoms with Gasteiger partial charge in [-0.1, -0.05) is 12.1 Å². The quantitative estimate of drug-likeness (QED) is 0.917. The van der Waals surface area contributed by atoms with E-state index in [-0.39, 0.29) is 5.91 Å². The molecule has 1 aliphatic heterocycles. The van der Waals surface area contributed by atoms with Crippen molar-refractivity contribution in [2.24, 2.45) is 0 Å². The highest BCUT2D eigenvalue weighted by Crippen LogP contribution is 2.37. The van der Waals surface area contributed by atoms with Crippen molar-refractivity contribution in [1.29, 1.82) is 0 Å². The molecule has 0 unspecified atom stereocenters. The number of rotatable bonds is 2. The maximum Gasteiger partial charge on any atom is 0.251 e. The normalized spacial score (nSPS) is 12.7. The molecular formula is C18H19NO2. The Balaban J connectivity index is 2.20. The maximum atomic E-state index is 11.9. The fourth-order valence-corrected chi connectivity index (χ4v) is 3.00. The average molecular weight is 281 g/mol.